The summed E-state index contributed by atoms with van der Waals surface area (Å²) < 4.78 is 0. The average molecular weight is 243 g/mol. The number of carbonyl (C=O) groups is 1. The standard InChI is InChI=1S/C14H13NO3/c1-8-4-3-5-10(6-8)11-7-9(2)13(16)12(15-11)14(17)18/h3-7,15-16H,2H2,1H3,(H,17,18). The van der Waals surface area contributed by atoms with Crippen molar-refractivity contribution in [3.05, 3.63) is 65.1 Å². The van der Waals surface area contributed by atoms with E-state index < -0.39 is 5.97 Å². The van der Waals surface area contributed by atoms with Gasteiger partial charge in [0.2, 0.25) is 0 Å². The minimum Gasteiger partial charge on any atom is -0.505 e. The summed E-state index contributed by atoms with van der Waals surface area (Å²) >= 11 is 0. The molecule has 1 aliphatic rings. The predicted octanol–water partition coefficient (Wildman–Crippen LogP) is 2.35. The highest BCUT2D eigenvalue weighted by atomic mass is 16.4. The zero-order valence-electron chi connectivity index (χ0n) is 9.90. The fraction of sp³-hybridized carbons (Fsp3) is 0.0714. The van der Waals surface area contributed by atoms with Crippen molar-refractivity contribution in [2.45, 2.75) is 6.92 Å². The molecular formula is C14H13NO3. The van der Waals surface area contributed by atoms with Gasteiger partial charge >= 0.3 is 5.97 Å². The lowest BCUT2D eigenvalue weighted by Crippen LogP contribution is -2.24. The normalized spacial score (nSPS) is 15.2. The monoisotopic (exact) mass is 243 g/mol. The van der Waals surface area contributed by atoms with Crippen LogP contribution in [0.15, 0.2) is 53.9 Å². The van der Waals surface area contributed by atoms with Gasteiger partial charge in [-0.15, -0.1) is 0 Å². The van der Waals surface area contributed by atoms with Crippen LogP contribution in [0.3, 0.4) is 0 Å². The van der Waals surface area contributed by atoms with E-state index in [2.05, 4.69) is 11.9 Å². The number of allylic oxidation sites excluding steroid dienone is 1. The first kappa shape index (κ1) is 12.0. The Morgan fingerprint density at radius 1 is 1.39 bits per heavy atom. The highest BCUT2D eigenvalue weighted by molar-refractivity contribution is 5.92. The molecule has 4 nitrogen and oxygen atoms in total. The molecule has 4 heteroatoms. The lowest BCUT2D eigenvalue weighted by molar-refractivity contribution is -0.133. The first-order valence-electron chi connectivity index (χ1n) is 5.40. The topological polar surface area (TPSA) is 69.6 Å². The lowest BCUT2D eigenvalue weighted by Gasteiger charge is -2.19. The number of dihydropyridines is 1. The van der Waals surface area contributed by atoms with Gasteiger partial charge in [-0.1, -0.05) is 30.3 Å². The summed E-state index contributed by atoms with van der Waals surface area (Å²) in [6.07, 6.45) is 1.62. The molecule has 0 saturated carbocycles. The van der Waals surface area contributed by atoms with E-state index in [9.17, 15) is 9.90 Å². The Morgan fingerprint density at radius 3 is 2.72 bits per heavy atom. The van der Waals surface area contributed by atoms with Gasteiger partial charge in [-0.3, -0.25) is 0 Å². The Morgan fingerprint density at radius 2 is 2.11 bits per heavy atom. The molecule has 1 aliphatic heterocycles. The molecule has 2 rings (SSSR count). The van der Waals surface area contributed by atoms with Crippen LogP contribution in [-0.2, 0) is 4.79 Å². The summed E-state index contributed by atoms with van der Waals surface area (Å²) in [6.45, 7) is 5.59. The van der Waals surface area contributed by atoms with Crippen molar-refractivity contribution in [2.75, 3.05) is 0 Å². The Balaban J connectivity index is 2.42. The number of aliphatic carboxylic acids is 1. The molecule has 0 aromatic heterocycles. The maximum Gasteiger partial charge on any atom is 0.356 e. The third-order valence-electron chi connectivity index (χ3n) is 2.66. The summed E-state index contributed by atoms with van der Waals surface area (Å²) in [5.74, 6) is -1.55. The molecule has 0 spiro atoms. The zero-order chi connectivity index (χ0) is 13.3. The summed E-state index contributed by atoms with van der Waals surface area (Å²) in [4.78, 5) is 11.0. The molecule has 0 atom stereocenters. The molecule has 1 aromatic carbocycles. The van der Waals surface area contributed by atoms with E-state index in [1.54, 1.807) is 6.08 Å². The van der Waals surface area contributed by atoms with Crippen molar-refractivity contribution < 1.29 is 15.0 Å². The van der Waals surface area contributed by atoms with Crippen LogP contribution in [0.5, 0.6) is 0 Å². The minimum atomic E-state index is -1.22. The number of carboxylic acid groups (broad SMARTS) is 1. The molecule has 0 unspecified atom stereocenters. The third-order valence-corrected chi connectivity index (χ3v) is 2.66. The van der Waals surface area contributed by atoms with Crippen LogP contribution >= 0.6 is 0 Å². The molecule has 0 amide bonds. The summed E-state index contributed by atoms with van der Waals surface area (Å²) in [5.41, 5.74) is 2.56. The molecule has 18 heavy (non-hydrogen) atoms. The second-order valence-corrected chi connectivity index (χ2v) is 4.11. The smallest absolute Gasteiger partial charge is 0.356 e. The van der Waals surface area contributed by atoms with Gasteiger partial charge in [-0.25, -0.2) is 4.79 Å². The fourth-order valence-corrected chi connectivity index (χ4v) is 1.76. The van der Waals surface area contributed by atoms with E-state index in [0.29, 0.717) is 5.70 Å². The van der Waals surface area contributed by atoms with Gasteiger partial charge in [0.05, 0.1) is 0 Å². The highest BCUT2D eigenvalue weighted by Crippen LogP contribution is 2.24. The van der Waals surface area contributed by atoms with Crippen LogP contribution < -0.4 is 5.32 Å². The first-order valence-corrected chi connectivity index (χ1v) is 5.40. The molecule has 3 N–H and O–H groups in total. The first-order chi connectivity index (χ1) is 8.49. The van der Waals surface area contributed by atoms with Crippen LogP contribution in [0, 0.1) is 6.92 Å². The Hall–Kier alpha value is -2.49. The number of hydrogen-bond acceptors (Lipinski definition) is 3. The quantitative estimate of drug-likeness (QED) is 0.745. The largest absolute Gasteiger partial charge is 0.505 e. The summed E-state index contributed by atoms with van der Waals surface area (Å²) in [6, 6.07) is 7.62. The molecule has 92 valence electrons. The summed E-state index contributed by atoms with van der Waals surface area (Å²) in [5, 5.41) is 21.3. The second-order valence-electron chi connectivity index (χ2n) is 4.11. The van der Waals surface area contributed by atoms with Crippen LogP contribution in [-0.4, -0.2) is 16.2 Å². The average Bonchev–Trinajstić information content (AvgIpc) is 2.32. The zero-order valence-corrected chi connectivity index (χ0v) is 9.90. The number of carboxylic acids is 1. The van der Waals surface area contributed by atoms with Crippen molar-refractivity contribution in [3.8, 4) is 0 Å². The van der Waals surface area contributed by atoms with E-state index in [-0.39, 0.29) is 17.0 Å². The maximum absolute atomic E-state index is 11.0. The van der Waals surface area contributed by atoms with Crippen molar-refractivity contribution >= 4 is 11.7 Å². The lowest BCUT2D eigenvalue weighted by atomic mass is 10.0. The SMILES string of the molecule is C=C1C=C(c2cccc(C)c2)NC(C(=O)O)=C1O. The number of nitrogens with one attached hydrogen (secondary N) is 1. The van der Waals surface area contributed by atoms with Crippen LogP contribution in [0.4, 0.5) is 0 Å². The van der Waals surface area contributed by atoms with E-state index in [1.807, 2.05) is 31.2 Å². The van der Waals surface area contributed by atoms with E-state index in [1.165, 1.54) is 0 Å². The minimum absolute atomic E-state index is 0.251. The number of aryl methyl sites for hydroxylation is 1. The molecule has 1 heterocycles. The van der Waals surface area contributed by atoms with E-state index in [0.717, 1.165) is 11.1 Å². The molecule has 0 fully saturated rings. The van der Waals surface area contributed by atoms with Crippen molar-refractivity contribution in [3.63, 3.8) is 0 Å². The summed E-state index contributed by atoms with van der Waals surface area (Å²) in [7, 11) is 0. The van der Waals surface area contributed by atoms with Crippen molar-refractivity contribution in [1.82, 2.24) is 5.32 Å². The molecule has 0 bridgehead atoms. The van der Waals surface area contributed by atoms with Gasteiger partial charge in [-0.2, -0.15) is 0 Å². The van der Waals surface area contributed by atoms with E-state index in [4.69, 9.17) is 5.11 Å². The van der Waals surface area contributed by atoms with E-state index >= 15 is 0 Å². The number of hydrogen-bond donors (Lipinski definition) is 3. The van der Waals surface area contributed by atoms with Crippen LogP contribution in [0.25, 0.3) is 5.70 Å². The van der Waals surface area contributed by atoms with Crippen LogP contribution in [0.1, 0.15) is 11.1 Å². The van der Waals surface area contributed by atoms with Gasteiger partial charge in [0, 0.05) is 11.3 Å². The highest BCUT2D eigenvalue weighted by Gasteiger charge is 2.22. The van der Waals surface area contributed by atoms with Crippen LogP contribution in [0.2, 0.25) is 0 Å². The number of aliphatic hydroxyl groups is 1. The molecular weight excluding hydrogens is 230 g/mol. The molecule has 0 radical (unpaired) electrons. The molecule has 0 aliphatic carbocycles. The number of benzene rings is 1. The van der Waals surface area contributed by atoms with Gasteiger partial charge in [0.15, 0.2) is 11.5 Å². The van der Waals surface area contributed by atoms with Gasteiger partial charge < -0.3 is 15.5 Å². The Labute approximate surface area is 105 Å². The number of rotatable bonds is 2. The Kier molecular flexibility index (Phi) is 2.93. The van der Waals surface area contributed by atoms with Crippen molar-refractivity contribution in [2.24, 2.45) is 0 Å². The maximum atomic E-state index is 11.0. The van der Waals surface area contributed by atoms with Gasteiger partial charge in [0.25, 0.3) is 0 Å². The Bertz CT molecular complexity index is 597. The van der Waals surface area contributed by atoms with Crippen molar-refractivity contribution in [1.29, 1.82) is 0 Å². The fourth-order valence-electron chi connectivity index (χ4n) is 1.76. The number of aliphatic hydroxyl groups excluding tert-OH is 1. The molecule has 0 saturated heterocycles. The van der Waals surface area contributed by atoms with Gasteiger partial charge in [0.1, 0.15) is 0 Å². The van der Waals surface area contributed by atoms with Gasteiger partial charge in [-0.05, 0) is 24.6 Å². The second kappa shape index (κ2) is 4.41. The predicted molar refractivity (Wildman–Crippen MR) is 68.7 cm³/mol. The molecule has 1 aromatic rings. The third kappa shape index (κ3) is 2.13.